The van der Waals surface area contributed by atoms with Gasteiger partial charge >= 0.3 is 0 Å². The third kappa shape index (κ3) is 5.60. The number of thiocarbonyl (C=S) groups is 1. The first-order chi connectivity index (χ1) is 11.4. The molecule has 0 bridgehead atoms. The van der Waals surface area contributed by atoms with Crippen LogP contribution < -0.4 is 10.6 Å². The zero-order valence-electron chi connectivity index (χ0n) is 13.7. The zero-order chi connectivity index (χ0) is 17.5. The monoisotopic (exact) mass is 344 g/mol. The van der Waals surface area contributed by atoms with Crippen LogP contribution in [0.3, 0.4) is 0 Å². The van der Waals surface area contributed by atoms with Crippen LogP contribution in [0.2, 0.25) is 0 Å². The molecule has 0 aliphatic carbocycles. The first-order valence-electron chi connectivity index (χ1n) is 7.46. The summed E-state index contributed by atoms with van der Waals surface area (Å²) in [6.07, 6.45) is 0. The van der Waals surface area contributed by atoms with Crippen molar-refractivity contribution < 1.29 is 4.92 Å². The summed E-state index contributed by atoms with van der Waals surface area (Å²) in [6, 6.07) is 14.5. The van der Waals surface area contributed by atoms with Crippen LogP contribution in [0.4, 0.5) is 11.4 Å². The summed E-state index contributed by atoms with van der Waals surface area (Å²) in [7, 11) is 4.08. The highest BCUT2D eigenvalue weighted by atomic mass is 32.1. The third-order valence-electron chi connectivity index (χ3n) is 3.31. The molecule has 2 N–H and O–H groups in total. The van der Waals surface area contributed by atoms with Gasteiger partial charge in [-0.2, -0.15) is 0 Å². The van der Waals surface area contributed by atoms with E-state index in [4.69, 9.17) is 12.2 Å². The fourth-order valence-electron chi connectivity index (χ4n) is 2.15. The van der Waals surface area contributed by atoms with Gasteiger partial charge in [-0.15, -0.1) is 0 Å². The minimum absolute atomic E-state index is 0.0530. The molecule has 0 unspecified atom stereocenters. The summed E-state index contributed by atoms with van der Waals surface area (Å²) in [5.74, 6) is 0. The molecule has 2 rings (SSSR count). The normalized spacial score (nSPS) is 10.5. The lowest BCUT2D eigenvalue weighted by Gasteiger charge is -2.12. The molecule has 0 spiro atoms. The van der Waals surface area contributed by atoms with Crippen LogP contribution in [0.1, 0.15) is 11.1 Å². The highest BCUT2D eigenvalue weighted by molar-refractivity contribution is 7.80. The summed E-state index contributed by atoms with van der Waals surface area (Å²) >= 11 is 5.24. The Bertz CT molecular complexity index is 700. The molecule has 2 aromatic carbocycles. The largest absolute Gasteiger partial charge is 0.358 e. The predicted molar refractivity (Wildman–Crippen MR) is 100.0 cm³/mol. The molecule has 0 fully saturated rings. The maximum Gasteiger partial charge on any atom is 0.269 e. The van der Waals surface area contributed by atoms with E-state index in [1.54, 1.807) is 12.1 Å². The number of nitro groups is 1. The van der Waals surface area contributed by atoms with Crippen LogP contribution in [0, 0.1) is 10.1 Å². The Morgan fingerprint density at radius 1 is 1.08 bits per heavy atom. The number of benzene rings is 2. The van der Waals surface area contributed by atoms with E-state index in [2.05, 4.69) is 39.8 Å². The molecule has 0 aliphatic heterocycles. The molecule has 0 saturated carbocycles. The fourth-order valence-corrected chi connectivity index (χ4v) is 2.34. The Balaban J connectivity index is 1.83. The SMILES string of the molecule is CN(C)Cc1ccc(CNC(=S)Nc2ccc([N+](=O)[O-])cc2)cc1. The van der Waals surface area contributed by atoms with E-state index in [9.17, 15) is 10.1 Å². The number of non-ortho nitro benzene ring substituents is 1. The van der Waals surface area contributed by atoms with Gasteiger partial charge in [-0.05, 0) is 49.6 Å². The van der Waals surface area contributed by atoms with Crippen molar-refractivity contribution in [3.63, 3.8) is 0 Å². The lowest BCUT2D eigenvalue weighted by Crippen LogP contribution is -2.27. The highest BCUT2D eigenvalue weighted by Gasteiger charge is 2.05. The molecule has 0 radical (unpaired) electrons. The maximum atomic E-state index is 10.6. The van der Waals surface area contributed by atoms with Gasteiger partial charge in [0.2, 0.25) is 0 Å². The Kier molecular flexibility index (Phi) is 6.22. The van der Waals surface area contributed by atoms with Crippen molar-refractivity contribution in [1.29, 1.82) is 0 Å². The van der Waals surface area contributed by atoms with Gasteiger partial charge in [0.25, 0.3) is 5.69 Å². The summed E-state index contributed by atoms with van der Waals surface area (Å²) in [5.41, 5.74) is 3.15. The Hall–Kier alpha value is -2.51. The number of nitrogens with one attached hydrogen (secondary N) is 2. The molecule has 24 heavy (non-hydrogen) atoms. The molecule has 0 aliphatic rings. The number of rotatable bonds is 6. The summed E-state index contributed by atoms with van der Waals surface area (Å²) in [5, 5.41) is 17.2. The standard InChI is InChI=1S/C17H20N4O2S/c1-20(2)12-14-5-3-13(4-6-14)11-18-17(24)19-15-7-9-16(10-8-15)21(22)23/h3-10H,11-12H2,1-2H3,(H2,18,19,24). The highest BCUT2D eigenvalue weighted by Crippen LogP contribution is 2.15. The number of nitro benzene ring substituents is 1. The van der Waals surface area contributed by atoms with Crippen molar-refractivity contribution in [2.24, 2.45) is 0 Å². The second kappa shape index (κ2) is 8.37. The molecule has 0 atom stereocenters. The number of anilines is 1. The van der Waals surface area contributed by atoms with Gasteiger partial charge in [0.05, 0.1) is 4.92 Å². The topological polar surface area (TPSA) is 70.4 Å². The first kappa shape index (κ1) is 17.8. The molecule has 7 heteroatoms. The lowest BCUT2D eigenvalue weighted by atomic mass is 10.1. The van der Waals surface area contributed by atoms with Gasteiger partial charge in [-0.25, -0.2) is 0 Å². The van der Waals surface area contributed by atoms with Gasteiger partial charge in [0.1, 0.15) is 0 Å². The minimum atomic E-state index is -0.430. The predicted octanol–water partition coefficient (Wildman–Crippen LogP) is 3.14. The molecule has 126 valence electrons. The number of hydrogen-bond acceptors (Lipinski definition) is 4. The van der Waals surface area contributed by atoms with Crippen LogP contribution in [-0.4, -0.2) is 29.0 Å². The van der Waals surface area contributed by atoms with Gasteiger partial charge in [-0.1, -0.05) is 24.3 Å². The fraction of sp³-hybridized carbons (Fsp3) is 0.235. The van der Waals surface area contributed by atoms with Crippen molar-refractivity contribution in [3.8, 4) is 0 Å². The Labute approximate surface area is 146 Å². The summed E-state index contributed by atoms with van der Waals surface area (Å²) in [6.45, 7) is 1.52. The van der Waals surface area contributed by atoms with Crippen LogP contribution in [0.25, 0.3) is 0 Å². The van der Waals surface area contributed by atoms with Crippen molar-refractivity contribution in [3.05, 3.63) is 69.8 Å². The van der Waals surface area contributed by atoms with Crippen LogP contribution in [0.5, 0.6) is 0 Å². The lowest BCUT2D eigenvalue weighted by molar-refractivity contribution is -0.384. The second-order valence-electron chi connectivity index (χ2n) is 5.67. The van der Waals surface area contributed by atoms with Crippen LogP contribution >= 0.6 is 12.2 Å². The van der Waals surface area contributed by atoms with E-state index in [1.165, 1.54) is 17.7 Å². The van der Waals surface area contributed by atoms with Crippen molar-refractivity contribution >= 4 is 28.7 Å². The van der Waals surface area contributed by atoms with Gasteiger partial charge in [-0.3, -0.25) is 10.1 Å². The molecule has 0 amide bonds. The van der Waals surface area contributed by atoms with E-state index in [0.717, 1.165) is 12.1 Å². The second-order valence-corrected chi connectivity index (χ2v) is 6.07. The summed E-state index contributed by atoms with van der Waals surface area (Å²) in [4.78, 5) is 12.3. The molecule has 6 nitrogen and oxygen atoms in total. The molecule has 0 aromatic heterocycles. The average Bonchev–Trinajstić information content (AvgIpc) is 2.54. The van der Waals surface area contributed by atoms with Crippen LogP contribution in [-0.2, 0) is 13.1 Å². The maximum absolute atomic E-state index is 10.6. The quantitative estimate of drug-likeness (QED) is 0.477. The van der Waals surface area contributed by atoms with Crippen molar-refractivity contribution in [2.75, 3.05) is 19.4 Å². The zero-order valence-corrected chi connectivity index (χ0v) is 14.5. The van der Waals surface area contributed by atoms with Crippen LogP contribution in [0.15, 0.2) is 48.5 Å². The molecule has 0 saturated heterocycles. The number of nitrogens with zero attached hydrogens (tertiary/aromatic N) is 2. The molecular formula is C17H20N4O2S. The molecule has 2 aromatic rings. The third-order valence-corrected chi connectivity index (χ3v) is 3.56. The van der Waals surface area contributed by atoms with Gasteiger partial charge in [0.15, 0.2) is 5.11 Å². The first-order valence-corrected chi connectivity index (χ1v) is 7.87. The smallest absolute Gasteiger partial charge is 0.269 e. The van der Waals surface area contributed by atoms with Crippen molar-refractivity contribution in [2.45, 2.75) is 13.1 Å². The van der Waals surface area contributed by atoms with E-state index >= 15 is 0 Å². The van der Waals surface area contributed by atoms with E-state index in [-0.39, 0.29) is 5.69 Å². The molecule has 0 heterocycles. The molecular weight excluding hydrogens is 324 g/mol. The number of hydrogen-bond donors (Lipinski definition) is 2. The van der Waals surface area contributed by atoms with Crippen molar-refractivity contribution in [1.82, 2.24) is 10.2 Å². The minimum Gasteiger partial charge on any atom is -0.358 e. The summed E-state index contributed by atoms with van der Waals surface area (Å²) < 4.78 is 0. The Morgan fingerprint density at radius 2 is 1.67 bits per heavy atom. The van der Waals surface area contributed by atoms with Gasteiger partial charge in [0, 0.05) is 30.9 Å². The van der Waals surface area contributed by atoms with E-state index < -0.39 is 4.92 Å². The Morgan fingerprint density at radius 3 is 2.21 bits per heavy atom. The van der Waals surface area contributed by atoms with E-state index in [1.807, 2.05) is 14.1 Å². The van der Waals surface area contributed by atoms with Gasteiger partial charge < -0.3 is 15.5 Å². The van der Waals surface area contributed by atoms with E-state index in [0.29, 0.717) is 17.3 Å². The average molecular weight is 344 g/mol.